The Hall–Kier alpha value is -0.940. The molecule has 4 nitrogen and oxygen atoms in total. The third-order valence-electron chi connectivity index (χ3n) is 3.17. The van der Waals surface area contributed by atoms with Gasteiger partial charge in [-0.25, -0.2) is 0 Å². The maximum atomic E-state index is 9.65. The first-order chi connectivity index (χ1) is 8.16. The average Bonchev–Trinajstić information content (AvgIpc) is 2.61. The SMILES string of the molecule is Cc1cccc(CNC[C@H]2NC[C@H](O)[C@@H]2O)c1. The maximum Gasteiger partial charge on any atom is 0.0976 e. The molecule has 4 N–H and O–H groups in total. The van der Waals surface area contributed by atoms with Gasteiger partial charge in [0.2, 0.25) is 0 Å². The first-order valence-electron chi connectivity index (χ1n) is 6.02. The van der Waals surface area contributed by atoms with Gasteiger partial charge in [-0.2, -0.15) is 0 Å². The van der Waals surface area contributed by atoms with E-state index in [0.717, 1.165) is 6.54 Å². The molecule has 0 spiro atoms. The fourth-order valence-corrected chi connectivity index (χ4v) is 2.17. The second-order valence-corrected chi connectivity index (χ2v) is 4.69. The van der Waals surface area contributed by atoms with Crippen molar-refractivity contribution in [3.63, 3.8) is 0 Å². The molecule has 1 fully saturated rings. The molecule has 94 valence electrons. The summed E-state index contributed by atoms with van der Waals surface area (Å²) in [7, 11) is 0. The Labute approximate surface area is 102 Å². The van der Waals surface area contributed by atoms with Gasteiger partial charge < -0.3 is 20.8 Å². The average molecular weight is 236 g/mol. The molecule has 0 saturated carbocycles. The third kappa shape index (κ3) is 3.26. The van der Waals surface area contributed by atoms with Gasteiger partial charge in [0, 0.05) is 25.7 Å². The molecule has 17 heavy (non-hydrogen) atoms. The van der Waals surface area contributed by atoms with Crippen LogP contribution in [0.25, 0.3) is 0 Å². The molecular formula is C13H20N2O2. The molecule has 0 aromatic heterocycles. The van der Waals surface area contributed by atoms with E-state index in [1.165, 1.54) is 11.1 Å². The van der Waals surface area contributed by atoms with Crippen LogP contribution in [-0.4, -0.2) is 41.6 Å². The van der Waals surface area contributed by atoms with Gasteiger partial charge in [-0.05, 0) is 12.5 Å². The summed E-state index contributed by atoms with van der Waals surface area (Å²) in [5.41, 5.74) is 2.48. The largest absolute Gasteiger partial charge is 0.389 e. The monoisotopic (exact) mass is 236 g/mol. The van der Waals surface area contributed by atoms with Gasteiger partial charge in [0.25, 0.3) is 0 Å². The van der Waals surface area contributed by atoms with Crippen molar-refractivity contribution in [2.24, 2.45) is 0 Å². The summed E-state index contributed by atoms with van der Waals surface area (Å²) in [6.45, 7) is 3.98. The molecule has 1 aliphatic heterocycles. The first-order valence-corrected chi connectivity index (χ1v) is 6.02. The van der Waals surface area contributed by atoms with Crippen molar-refractivity contribution < 1.29 is 10.2 Å². The van der Waals surface area contributed by atoms with Crippen LogP contribution in [-0.2, 0) is 6.54 Å². The summed E-state index contributed by atoms with van der Waals surface area (Å²) in [5.74, 6) is 0. The highest BCUT2D eigenvalue weighted by atomic mass is 16.3. The predicted molar refractivity (Wildman–Crippen MR) is 66.7 cm³/mol. The molecule has 1 aromatic carbocycles. The number of aliphatic hydroxyl groups excluding tert-OH is 2. The molecule has 0 radical (unpaired) electrons. The summed E-state index contributed by atoms with van der Waals surface area (Å²) < 4.78 is 0. The lowest BCUT2D eigenvalue weighted by Crippen LogP contribution is -2.41. The maximum absolute atomic E-state index is 9.65. The Morgan fingerprint density at radius 1 is 1.41 bits per heavy atom. The van der Waals surface area contributed by atoms with E-state index in [1.807, 2.05) is 6.07 Å². The van der Waals surface area contributed by atoms with Crippen LogP contribution in [0.3, 0.4) is 0 Å². The van der Waals surface area contributed by atoms with E-state index in [-0.39, 0.29) is 6.04 Å². The number of nitrogens with one attached hydrogen (secondary N) is 2. The molecule has 0 amide bonds. The number of β-amino-alcohol motifs (C(OH)–C–C–N with tert-alkyl or cyclic N) is 1. The number of hydrogen-bond acceptors (Lipinski definition) is 4. The van der Waals surface area contributed by atoms with Gasteiger partial charge in [-0.3, -0.25) is 0 Å². The van der Waals surface area contributed by atoms with Gasteiger partial charge >= 0.3 is 0 Å². The summed E-state index contributed by atoms with van der Waals surface area (Å²) in [6, 6.07) is 8.27. The Kier molecular flexibility index (Phi) is 4.12. The van der Waals surface area contributed by atoms with Crippen LogP contribution >= 0.6 is 0 Å². The van der Waals surface area contributed by atoms with Crippen molar-refractivity contribution in [3.8, 4) is 0 Å². The highest BCUT2D eigenvalue weighted by molar-refractivity contribution is 5.21. The molecule has 0 aliphatic carbocycles. The normalized spacial score (nSPS) is 28.5. The van der Waals surface area contributed by atoms with Crippen LogP contribution < -0.4 is 10.6 Å². The Bertz CT molecular complexity index is 370. The number of benzene rings is 1. The lowest BCUT2D eigenvalue weighted by atomic mass is 10.1. The van der Waals surface area contributed by atoms with E-state index in [2.05, 4.69) is 35.8 Å². The van der Waals surface area contributed by atoms with Crippen LogP contribution in [0, 0.1) is 6.92 Å². The number of aryl methyl sites for hydroxylation is 1. The highest BCUT2D eigenvalue weighted by Gasteiger charge is 2.32. The van der Waals surface area contributed by atoms with Crippen LogP contribution in [0.1, 0.15) is 11.1 Å². The first kappa shape index (κ1) is 12.5. The second-order valence-electron chi connectivity index (χ2n) is 4.69. The van der Waals surface area contributed by atoms with E-state index >= 15 is 0 Å². The van der Waals surface area contributed by atoms with E-state index < -0.39 is 12.2 Å². The molecule has 1 saturated heterocycles. The smallest absolute Gasteiger partial charge is 0.0976 e. The zero-order valence-electron chi connectivity index (χ0n) is 10.1. The second kappa shape index (κ2) is 5.60. The lowest BCUT2D eigenvalue weighted by Gasteiger charge is -2.16. The van der Waals surface area contributed by atoms with Crippen molar-refractivity contribution in [2.45, 2.75) is 31.7 Å². The molecule has 0 bridgehead atoms. The Balaban J connectivity index is 1.76. The topological polar surface area (TPSA) is 64.5 Å². The predicted octanol–water partition coefficient (Wildman–Crippen LogP) is -0.222. The van der Waals surface area contributed by atoms with Gasteiger partial charge in [0.05, 0.1) is 12.2 Å². The molecule has 1 aromatic rings. The van der Waals surface area contributed by atoms with Gasteiger partial charge in [0.1, 0.15) is 0 Å². The van der Waals surface area contributed by atoms with Crippen LogP contribution in [0.5, 0.6) is 0 Å². The molecule has 0 unspecified atom stereocenters. The van der Waals surface area contributed by atoms with Crippen LogP contribution in [0.2, 0.25) is 0 Å². The molecule has 1 aliphatic rings. The minimum atomic E-state index is -0.667. The third-order valence-corrected chi connectivity index (χ3v) is 3.17. The molecule has 2 rings (SSSR count). The minimum absolute atomic E-state index is 0.0604. The quantitative estimate of drug-likeness (QED) is 0.583. The van der Waals surface area contributed by atoms with Gasteiger partial charge in [0.15, 0.2) is 0 Å². The fourth-order valence-electron chi connectivity index (χ4n) is 2.17. The van der Waals surface area contributed by atoms with E-state index in [0.29, 0.717) is 13.1 Å². The van der Waals surface area contributed by atoms with E-state index in [1.54, 1.807) is 0 Å². The fraction of sp³-hybridized carbons (Fsp3) is 0.538. The van der Waals surface area contributed by atoms with Crippen molar-refractivity contribution in [1.29, 1.82) is 0 Å². The standard InChI is InChI=1S/C13H20N2O2/c1-9-3-2-4-10(5-9)6-14-7-11-13(17)12(16)8-15-11/h2-5,11-17H,6-8H2,1H3/t11-,12+,13-/m1/s1. The van der Waals surface area contributed by atoms with Crippen molar-refractivity contribution >= 4 is 0 Å². The Morgan fingerprint density at radius 2 is 2.24 bits per heavy atom. The lowest BCUT2D eigenvalue weighted by molar-refractivity contribution is 0.0407. The summed E-state index contributed by atoms with van der Waals surface area (Å²) in [6.07, 6.45) is -1.30. The molecule has 1 heterocycles. The van der Waals surface area contributed by atoms with Gasteiger partial charge in [-0.15, -0.1) is 0 Å². The summed E-state index contributed by atoms with van der Waals surface area (Å²) in [5, 5.41) is 25.4. The van der Waals surface area contributed by atoms with Crippen LogP contribution in [0.15, 0.2) is 24.3 Å². The minimum Gasteiger partial charge on any atom is -0.389 e. The number of aliphatic hydroxyl groups is 2. The summed E-state index contributed by atoms with van der Waals surface area (Å²) >= 11 is 0. The molecule has 4 heteroatoms. The highest BCUT2D eigenvalue weighted by Crippen LogP contribution is 2.07. The van der Waals surface area contributed by atoms with Crippen molar-refractivity contribution in [3.05, 3.63) is 35.4 Å². The number of rotatable bonds is 4. The van der Waals surface area contributed by atoms with E-state index in [9.17, 15) is 10.2 Å². The number of hydrogen-bond donors (Lipinski definition) is 4. The summed E-state index contributed by atoms with van der Waals surface area (Å²) in [4.78, 5) is 0. The zero-order chi connectivity index (χ0) is 12.3. The van der Waals surface area contributed by atoms with E-state index in [4.69, 9.17) is 0 Å². The van der Waals surface area contributed by atoms with Crippen molar-refractivity contribution in [1.82, 2.24) is 10.6 Å². The zero-order valence-corrected chi connectivity index (χ0v) is 10.1. The van der Waals surface area contributed by atoms with Crippen molar-refractivity contribution in [2.75, 3.05) is 13.1 Å². The van der Waals surface area contributed by atoms with Gasteiger partial charge in [-0.1, -0.05) is 29.8 Å². The van der Waals surface area contributed by atoms with Crippen LogP contribution in [0.4, 0.5) is 0 Å². The molecule has 3 atom stereocenters. The molecular weight excluding hydrogens is 216 g/mol. The Morgan fingerprint density at radius 3 is 2.88 bits per heavy atom.